The number of alkyl halides is 3. The van der Waals surface area contributed by atoms with Crippen LogP contribution in [0.5, 0.6) is 0 Å². The molecule has 45 heavy (non-hydrogen) atoms. The molecule has 2 aromatic carbocycles. The number of ether oxygens (including phenoxy) is 1. The third-order valence-electron chi connectivity index (χ3n) is 10.1. The van der Waals surface area contributed by atoms with Gasteiger partial charge in [-0.25, -0.2) is 9.97 Å². The minimum atomic E-state index is -4.25. The van der Waals surface area contributed by atoms with E-state index in [4.69, 9.17) is 4.74 Å². The molecule has 2 aromatic heterocycles. The first-order valence-electron chi connectivity index (χ1n) is 15.8. The SMILES string of the molecule is Cc1c(CN2CCC3(CC2)CN(c2ncnc4ccc(CC(F)(F)F)cc24)C3)ccc2c1cc(C#N)n2CCN1CCOCC1. The van der Waals surface area contributed by atoms with Crippen molar-refractivity contribution in [2.45, 2.75) is 45.5 Å². The zero-order valence-electron chi connectivity index (χ0n) is 25.6. The van der Waals surface area contributed by atoms with E-state index in [0.717, 1.165) is 102 Å². The molecule has 3 aliphatic rings. The molecule has 0 aliphatic carbocycles. The van der Waals surface area contributed by atoms with E-state index in [-0.39, 0.29) is 11.0 Å². The van der Waals surface area contributed by atoms with Crippen LogP contribution in [0.25, 0.3) is 21.8 Å². The van der Waals surface area contributed by atoms with Gasteiger partial charge in [0.1, 0.15) is 23.9 Å². The van der Waals surface area contributed by atoms with Crippen LogP contribution in [0.4, 0.5) is 19.0 Å². The van der Waals surface area contributed by atoms with Crippen LogP contribution in [0.15, 0.2) is 42.7 Å². The summed E-state index contributed by atoms with van der Waals surface area (Å²) in [4.78, 5) is 15.9. The number of piperidine rings is 1. The molecule has 0 saturated carbocycles. The highest BCUT2D eigenvalue weighted by atomic mass is 19.4. The molecule has 0 atom stereocenters. The molecule has 7 rings (SSSR count). The highest BCUT2D eigenvalue weighted by molar-refractivity contribution is 5.90. The molecule has 0 bridgehead atoms. The maximum absolute atomic E-state index is 13.0. The molecule has 8 nitrogen and oxygen atoms in total. The number of morpholine rings is 1. The second kappa shape index (κ2) is 11.9. The molecule has 3 saturated heterocycles. The van der Waals surface area contributed by atoms with E-state index in [0.29, 0.717) is 16.6 Å². The minimum Gasteiger partial charge on any atom is -0.379 e. The Labute approximate surface area is 261 Å². The van der Waals surface area contributed by atoms with E-state index in [9.17, 15) is 18.4 Å². The lowest BCUT2D eigenvalue weighted by Gasteiger charge is -2.54. The summed E-state index contributed by atoms with van der Waals surface area (Å²) in [6, 6.07) is 13.6. The smallest absolute Gasteiger partial charge is 0.379 e. The number of halogens is 3. The minimum absolute atomic E-state index is 0.204. The molecule has 0 unspecified atom stereocenters. The molecule has 11 heteroatoms. The van der Waals surface area contributed by atoms with Crippen LogP contribution >= 0.6 is 0 Å². The lowest BCUT2D eigenvalue weighted by molar-refractivity contribution is -0.127. The summed E-state index contributed by atoms with van der Waals surface area (Å²) >= 11 is 0. The molecule has 0 N–H and O–H groups in total. The van der Waals surface area contributed by atoms with Gasteiger partial charge in [0.15, 0.2) is 0 Å². The van der Waals surface area contributed by atoms with Crippen LogP contribution in [0.1, 0.15) is 35.2 Å². The Balaban J connectivity index is 0.990. The number of benzene rings is 2. The summed E-state index contributed by atoms with van der Waals surface area (Å²) in [6.45, 7) is 11.9. The Morgan fingerprint density at radius 1 is 0.933 bits per heavy atom. The van der Waals surface area contributed by atoms with E-state index < -0.39 is 12.6 Å². The van der Waals surface area contributed by atoms with Crippen molar-refractivity contribution in [1.82, 2.24) is 24.3 Å². The zero-order chi connectivity index (χ0) is 31.2. The second-order valence-electron chi connectivity index (χ2n) is 13.0. The van der Waals surface area contributed by atoms with Crippen molar-refractivity contribution in [3.05, 3.63) is 65.1 Å². The van der Waals surface area contributed by atoms with Gasteiger partial charge in [0.05, 0.1) is 25.2 Å². The van der Waals surface area contributed by atoms with Gasteiger partial charge in [0, 0.05) is 67.5 Å². The van der Waals surface area contributed by atoms with Crippen molar-refractivity contribution in [3.8, 4) is 6.07 Å². The average molecular weight is 618 g/mol. The molecule has 4 aromatic rings. The van der Waals surface area contributed by atoms with Gasteiger partial charge in [-0.3, -0.25) is 9.80 Å². The lowest BCUT2D eigenvalue weighted by atomic mass is 9.72. The predicted octanol–water partition coefficient (Wildman–Crippen LogP) is 5.30. The first-order chi connectivity index (χ1) is 21.7. The molecular formula is C34H38F3N7O. The number of likely N-dealkylation sites (tertiary alicyclic amines) is 1. The Kier molecular flexibility index (Phi) is 7.92. The Morgan fingerprint density at radius 2 is 1.71 bits per heavy atom. The molecule has 0 radical (unpaired) electrons. The summed E-state index contributed by atoms with van der Waals surface area (Å²) in [6.07, 6.45) is -1.56. The number of anilines is 1. The van der Waals surface area contributed by atoms with Crippen molar-refractivity contribution in [1.29, 1.82) is 5.26 Å². The summed E-state index contributed by atoms with van der Waals surface area (Å²) in [5.41, 5.74) is 5.47. The van der Waals surface area contributed by atoms with Crippen molar-refractivity contribution in [2.24, 2.45) is 5.41 Å². The number of nitriles is 1. The van der Waals surface area contributed by atoms with E-state index in [1.54, 1.807) is 12.1 Å². The molecule has 1 spiro atoms. The van der Waals surface area contributed by atoms with Crippen molar-refractivity contribution < 1.29 is 17.9 Å². The summed E-state index contributed by atoms with van der Waals surface area (Å²) in [7, 11) is 0. The summed E-state index contributed by atoms with van der Waals surface area (Å²) in [5.74, 6) is 0.731. The van der Waals surface area contributed by atoms with Crippen molar-refractivity contribution in [2.75, 3.05) is 63.9 Å². The fraction of sp³-hybridized carbons (Fsp3) is 0.500. The van der Waals surface area contributed by atoms with Crippen molar-refractivity contribution >= 4 is 27.6 Å². The fourth-order valence-corrected chi connectivity index (χ4v) is 7.43. The van der Waals surface area contributed by atoms with Crippen molar-refractivity contribution in [3.63, 3.8) is 0 Å². The molecule has 236 valence electrons. The van der Waals surface area contributed by atoms with E-state index in [2.05, 4.69) is 54.4 Å². The van der Waals surface area contributed by atoms with Gasteiger partial charge in [-0.15, -0.1) is 0 Å². The van der Waals surface area contributed by atoms with Crippen LogP contribution in [0, 0.1) is 23.7 Å². The molecule has 5 heterocycles. The van der Waals surface area contributed by atoms with Crippen LogP contribution in [0.2, 0.25) is 0 Å². The number of rotatable bonds is 7. The van der Waals surface area contributed by atoms with Gasteiger partial charge in [-0.05, 0) is 73.8 Å². The van der Waals surface area contributed by atoms with Gasteiger partial charge in [0.2, 0.25) is 0 Å². The monoisotopic (exact) mass is 617 g/mol. The molecule has 3 aliphatic heterocycles. The van der Waals surface area contributed by atoms with Gasteiger partial charge in [-0.2, -0.15) is 18.4 Å². The number of nitrogens with zero attached hydrogens (tertiary/aromatic N) is 7. The largest absolute Gasteiger partial charge is 0.393 e. The summed E-state index contributed by atoms with van der Waals surface area (Å²) in [5, 5.41) is 11.7. The topological polar surface area (TPSA) is 73.5 Å². The Bertz CT molecular complexity index is 1740. The van der Waals surface area contributed by atoms with E-state index in [1.807, 2.05) is 6.07 Å². The number of aryl methyl sites for hydroxylation is 1. The highest BCUT2D eigenvalue weighted by Crippen LogP contribution is 2.44. The summed E-state index contributed by atoms with van der Waals surface area (Å²) < 4.78 is 46.7. The van der Waals surface area contributed by atoms with Gasteiger partial charge >= 0.3 is 6.18 Å². The first-order valence-corrected chi connectivity index (χ1v) is 15.8. The van der Waals surface area contributed by atoms with Crippen LogP contribution in [0.3, 0.4) is 0 Å². The number of hydrogen-bond donors (Lipinski definition) is 0. The maximum Gasteiger partial charge on any atom is 0.393 e. The third-order valence-corrected chi connectivity index (χ3v) is 10.1. The van der Waals surface area contributed by atoms with Crippen LogP contribution in [-0.2, 0) is 24.2 Å². The fourth-order valence-electron chi connectivity index (χ4n) is 7.43. The number of aromatic nitrogens is 3. The molecule has 3 fully saturated rings. The van der Waals surface area contributed by atoms with Crippen LogP contribution in [-0.4, -0.2) is 89.5 Å². The normalized spacial score (nSPS) is 19.3. The standard InChI is InChI=1S/C34H38F3N7O/c1-24-26(3-5-31-28(24)17-27(19-38)44(31)11-10-41-12-14-45-15-13-41)20-42-8-6-33(7-9-42)21-43(22-33)32-29-16-25(18-34(35,36)37)2-4-30(29)39-23-40-32/h2-5,16-17,23H,6-15,18,20-22H2,1H3. The molecule has 0 amide bonds. The van der Waals surface area contributed by atoms with Gasteiger partial charge < -0.3 is 14.2 Å². The number of hydrogen-bond acceptors (Lipinski definition) is 7. The Hall–Kier alpha value is -3.72. The average Bonchev–Trinajstić information content (AvgIpc) is 3.38. The predicted molar refractivity (Wildman–Crippen MR) is 167 cm³/mol. The number of fused-ring (bicyclic) bond motifs is 2. The second-order valence-corrected chi connectivity index (χ2v) is 13.0. The first kappa shape index (κ1) is 30.0. The van der Waals surface area contributed by atoms with Gasteiger partial charge in [-0.1, -0.05) is 12.1 Å². The quantitative estimate of drug-likeness (QED) is 0.279. The van der Waals surface area contributed by atoms with E-state index >= 15 is 0 Å². The van der Waals surface area contributed by atoms with E-state index in [1.165, 1.54) is 23.5 Å². The van der Waals surface area contributed by atoms with Gasteiger partial charge in [0.25, 0.3) is 0 Å². The lowest BCUT2D eigenvalue weighted by Crippen LogP contribution is -2.60. The third kappa shape index (κ3) is 6.11. The zero-order valence-corrected chi connectivity index (χ0v) is 25.6. The highest BCUT2D eigenvalue weighted by Gasteiger charge is 2.45. The maximum atomic E-state index is 13.0. The van der Waals surface area contributed by atoms with Crippen LogP contribution < -0.4 is 4.90 Å². The Morgan fingerprint density at radius 3 is 2.44 bits per heavy atom. The molecular weight excluding hydrogens is 579 g/mol.